The second-order valence-electron chi connectivity index (χ2n) is 7.33. The van der Waals surface area contributed by atoms with E-state index >= 15 is 0 Å². The summed E-state index contributed by atoms with van der Waals surface area (Å²) in [4.78, 5) is 0. The standard InChI is InChI=1S/C17H19BF4N2O2/c1-15(2)16(3,4)26-18(25-15)12-8-23-24(10-12)9-11-6-5-7-13(19)14(11)17(20,21)22/h5-8,10H,9H2,1-4H3. The Hall–Kier alpha value is -1.87. The number of halogens is 4. The Labute approximate surface area is 149 Å². The Morgan fingerprint density at radius 2 is 1.73 bits per heavy atom. The number of hydrogen-bond acceptors (Lipinski definition) is 3. The summed E-state index contributed by atoms with van der Waals surface area (Å²) < 4.78 is 66.2. The molecule has 0 saturated carbocycles. The molecule has 4 nitrogen and oxygen atoms in total. The fraction of sp³-hybridized carbons (Fsp3) is 0.471. The molecule has 1 fully saturated rings. The lowest BCUT2D eigenvalue weighted by Crippen LogP contribution is -2.41. The molecule has 2 heterocycles. The van der Waals surface area contributed by atoms with Gasteiger partial charge in [0.05, 0.1) is 23.3 Å². The summed E-state index contributed by atoms with van der Waals surface area (Å²) in [6.45, 7) is 7.39. The van der Waals surface area contributed by atoms with E-state index in [1.807, 2.05) is 27.7 Å². The van der Waals surface area contributed by atoms with Gasteiger partial charge in [0.1, 0.15) is 5.82 Å². The summed E-state index contributed by atoms with van der Waals surface area (Å²) in [6.07, 6.45) is -1.75. The second-order valence-corrected chi connectivity index (χ2v) is 7.33. The van der Waals surface area contributed by atoms with Gasteiger partial charge >= 0.3 is 13.3 Å². The molecule has 9 heteroatoms. The lowest BCUT2D eigenvalue weighted by atomic mass is 9.82. The maximum Gasteiger partial charge on any atom is 0.498 e. The van der Waals surface area contributed by atoms with E-state index in [4.69, 9.17) is 9.31 Å². The van der Waals surface area contributed by atoms with E-state index in [2.05, 4.69) is 5.10 Å². The van der Waals surface area contributed by atoms with Crippen LogP contribution in [0.1, 0.15) is 38.8 Å². The molecule has 0 unspecified atom stereocenters. The maximum absolute atomic E-state index is 13.7. The molecule has 0 bridgehead atoms. The molecule has 0 spiro atoms. The number of nitrogens with zero attached hydrogens (tertiary/aromatic N) is 2. The van der Waals surface area contributed by atoms with Gasteiger partial charge < -0.3 is 9.31 Å². The van der Waals surface area contributed by atoms with E-state index in [0.29, 0.717) is 5.46 Å². The molecular formula is C17H19BF4N2O2. The third kappa shape index (κ3) is 3.37. The Bertz CT molecular complexity index is 801. The number of benzene rings is 1. The number of alkyl halides is 3. The molecule has 0 atom stereocenters. The average molecular weight is 370 g/mol. The van der Waals surface area contributed by atoms with Crippen molar-refractivity contribution in [1.29, 1.82) is 0 Å². The zero-order valence-electron chi connectivity index (χ0n) is 14.9. The van der Waals surface area contributed by atoms with Gasteiger partial charge in [0.25, 0.3) is 0 Å². The normalized spacial score (nSPS) is 19.2. The highest BCUT2D eigenvalue weighted by Gasteiger charge is 2.52. The van der Waals surface area contributed by atoms with E-state index in [9.17, 15) is 17.6 Å². The molecule has 0 amide bonds. The van der Waals surface area contributed by atoms with Gasteiger partial charge in [0.15, 0.2) is 0 Å². The minimum absolute atomic E-state index is 0.193. The highest BCUT2D eigenvalue weighted by atomic mass is 19.4. The largest absolute Gasteiger partial charge is 0.498 e. The van der Waals surface area contributed by atoms with Gasteiger partial charge in [-0.2, -0.15) is 18.3 Å². The molecule has 0 N–H and O–H groups in total. The molecule has 26 heavy (non-hydrogen) atoms. The molecule has 1 aliphatic rings. The van der Waals surface area contributed by atoms with Gasteiger partial charge in [0.2, 0.25) is 0 Å². The first kappa shape index (κ1) is 18.9. The van der Waals surface area contributed by atoms with Gasteiger partial charge in [-0.05, 0) is 39.3 Å². The predicted molar refractivity (Wildman–Crippen MR) is 88.4 cm³/mol. The summed E-state index contributed by atoms with van der Waals surface area (Å²) in [6, 6.07) is 3.28. The maximum atomic E-state index is 13.7. The highest BCUT2D eigenvalue weighted by molar-refractivity contribution is 6.61. The van der Waals surface area contributed by atoms with Crippen LogP contribution in [0.4, 0.5) is 17.6 Å². The minimum Gasteiger partial charge on any atom is -0.399 e. The predicted octanol–water partition coefficient (Wildman–Crippen LogP) is 3.39. The summed E-state index contributed by atoms with van der Waals surface area (Å²) >= 11 is 0. The van der Waals surface area contributed by atoms with Crippen LogP contribution in [0.5, 0.6) is 0 Å². The Morgan fingerprint density at radius 1 is 1.12 bits per heavy atom. The fourth-order valence-electron chi connectivity index (χ4n) is 2.76. The van der Waals surface area contributed by atoms with Crippen molar-refractivity contribution in [1.82, 2.24) is 9.78 Å². The van der Waals surface area contributed by atoms with E-state index in [0.717, 1.165) is 6.07 Å². The quantitative estimate of drug-likeness (QED) is 0.614. The zero-order chi connectivity index (χ0) is 19.3. The first-order valence-corrected chi connectivity index (χ1v) is 8.13. The van der Waals surface area contributed by atoms with Crippen molar-refractivity contribution in [2.45, 2.75) is 51.6 Å². The highest BCUT2D eigenvalue weighted by Crippen LogP contribution is 2.37. The first-order valence-electron chi connectivity index (χ1n) is 8.13. The lowest BCUT2D eigenvalue weighted by molar-refractivity contribution is -0.140. The number of rotatable bonds is 3. The molecule has 1 aromatic carbocycles. The Kier molecular flexibility index (Phi) is 4.43. The third-order valence-electron chi connectivity index (χ3n) is 4.89. The zero-order valence-corrected chi connectivity index (χ0v) is 14.9. The summed E-state index contributed by atoms with van der Waals surface area (Å²) in [5.74, 6) is -1.30. The molecule has 2 aromatic rings. The van der Waals surface area contributed by atoms with Gasteiger partial charge in [0, 0.05) is 17.9 Å². The van der Waals surface area contributed by atoms with Crippen LogP contribution >= 0.6 is 0 Å². The fourth-order valence-corrected chi connectivity index (χ4v) is 2.76. The summed E-state index contributed by atoms with van der Waals surface area (Å²) in [5, 5.41) is 4.07. The molecule has 1 aromatic heterocycles. The van der Waals surface area contributed by atoms with Gasteiger partial charge in [-0.25, -0.2) is 4.39 Å². The van der Waals surface area contributed by atoms with Crippen molar-refractivity contribution in [2.24, 2.45) is 0 Å². The Balaban J connectivity index is 1.84. The van der Waals surface area contributed by atoms with Crippen molar-refractivity contribution >= 4 is 12.6 Å². The van der Waals surface area contributed by atoms with Crippen molar-refractivity contribution in [3.63, 3.8) is 0 Å². The van der Waals surface area contributed by atoms with Gasteiger partial charge in [-0.1, -0.05) is 12.1 Å². The third-order valence-corrected chi connectivity index (χ3v) is 4.89. The summed E-state index contributed by atoms with van der Waals surface area (Å²) in [5.41, 5.74) is -1.94. The van der Waals surface area contributed by atoms with Crippen molar-refractivity contribution < 1.29 is 26.9 Å². The van der Waals surface area contributed by atoms with Crippen LogP contribution in [-0.4, -0.2) is 28.1 Å². The minimum atomic E-state index is -4.78. The van der Waals surface area contributed by atoms with Crippen LogP contribution in [0.2, 0.25) is 0 Å². The Morgan fingerprint density at radius 3 is 2.31 bits per heavy atom. The molecule has 3 rings (SSSR count). The van der Waals surface area contributed by atoms with E-state index < -0.39 is 35.9 Å². The van der Waals surface area contributed by atoms with Crippen molar-refractivity contribution in [3.8, 4) is 0 Å². The molecule has 0 radical (unpaired) electrons. The van der Waals surface area contributed by atoms with E-state index in [1.165, 1.54) is 23.0 Å². The summed E-state index contributed by atoms with van der Waals surface area (Å²) in [7, 11) is -0.664. The van der Waals surface area contributed by atoms with Crippen LogP contribution in [0.3, 0.4) is 0 Å². The number of hydrogen-bond donors (Lipinski definition) is 0. The lowest BCUT2D eigenvalue weighted by Gasteiger charge is -2.32. The van der Waals surface area contributed by atoms with E-state index in [-0.39, 0.29) is 12.1 Å². The molecule has 0 aliphatic carbocycles. The van der Waals surface area contributed by atoms with Crippen LogP contribution in [0.25, 0.3) is 0 Å². The van der Waals surface area contributed by atoms with Crippen LogP contribution < -0.4 is 5.46 Å². The molecule has 140 valence electrons. The van der Waals surface area contributed by atoms with Gasteiger partial charge in [-0.3, -0.25) is 4.68 Å². The number of aromatic nitrogens is 2. The second kappa shape index (κ2) is 6.09. The smallest absolute Gasteiger partial charge is 0.399 e. The van der Waals surface area contributed by atoms with Crippen molar-refractivity contribution in [2.75, 3.05) is 0 Å². The molecule has 1 aliphatic heterocycles. The average Bonchev–Trinajstić information content (AvgIpc) is 3.00. The first-order chi connectivity index (χ1) is 11.9. The monoisotopic (exact) mass is 370 g/mol. The molecule has 1 saturated heterocycles. The van der Waals surface area contributed by atoms with Crippen LogP contribution in [0, 0.1) is 5.82 Å². The van der Waals surface area contributed by atoms with Crippen LogP contribution in [-0.2, 0) is 22.0 Å². The van der Waals surface area contributed by atoms with Crippen molar-refractivity contribution in [3.05, 3.63) is 47.5 Å². The topological polar surface area (TPSA) is 36.3 Å². The SMILES string of the molecule is CC1(C)OB(c2cnn(Cc3cccc(F)c3C(F)(F)F)c2)OC1(C)C. The van der Waals surface area contributed by atoms with E-state index in [1.54, 1.807) is 6.20 Å². The van der Waals surface area contributed by atoms with Crippen LogP contribution in [0.15, 0.2) is 30.6 Å². The molecular weight excluding hydrogens is 351 g/mol. The van der Waals surface area contributed by atoms with Gasteiger partial charge in [-0.15, -0.1) is 0 Å².